The smallest absolute Gasteiger partial charge is 0.244 e. The predicted octanol–water partition coefficient (Wildman–Crippen LogP) is 2.57. The molecule has 0 aromatic carbocycles. The van der Waals surface area contributed by atoms with Crippen molar-refractivity contribution in [3.63, 3.8) is 0 Å². The second-order valence-electron chi connectivity index (χ2n) is 4.61. The van der Waals surface area contributed by atoms with Crippen LogP contribution in [0.4, 0.5) is 0 Å². The minimum Gasteiger partial charge on any atom is -0.465 e. The first-order valence-electron chi connectivity index (χ1n) is 6.87. The molecule has 0 spiro atoms. The molecule has 3 aromatic heterocycles. The summed E-state index contributed by atoms with van der Waals surface area (Å²) in [7, 11) is 0. The zero-order valence-corrected chi connectivity index (χ0v) is 11.8. The first-order valence-corrected chi connectivity index (χ1v) is 6.87. The van der Waals surface area contributed by atoms with E-state index in [0.29, 0.717) is 18.8 Å². The molecule has 0 saturated carbocycles. The summed E-state index contributed by atoms with van der Waals surface area (Å²) in [5.41, 5.74) is 0.911. The Kier molecular flexibility index (Phi) is 4.20. The fourth-order valence-corrected chi connectivity index (χ4v) is 1.95. The highest BCUT2D eigenvalue weighted by atomic mass is 16.3. The van der Waals surface area contributed by atoms with Gasteiger partial charge in [0.15, 0.2) is 0 Å². The number of nitrogens with one attached hydrogen (secondary N) is 1. The minimum absolute atomic E-state index is 0.171. The van der Waals surface area contributed by atoms with Crippen molar-refractivity contribution < 1.29 is 13.6 Å². The van der Waals surface area contributed by atoms with Crippen LogP contribution >= 0.6 is 0 Å². The molecule has 3 aromatic rings. The summed E-state index contributed by atoms with van der Waals surface area (Å²) in [6.45, 7) is 1.07. The maximum Gasteiger partial charge on any atom is 0.244 e. The largest absolute Gasteiger partial charge is 0.465 e. The van der Waals surface area contributed by atoms with Crippen molar-refractivity contribution >= 4 is 12.0 Å². The van der Waals surface area contributed by atoms with E-state index in [2.05, 4.69) is 10.4 Å². The van der Waals surface area contributed by atoms with Crippen LogP contribution in [-0.4, -0.2) is 22.2 Å². The van der Waals surface area contributed by atoms with Crippen molar-refractivity contribution in [2.75, 3.05) is 6.54 Å². The fourth-order valence-electron chi connectivity index (χ4n) is 1.95. The Morgan fingerprint density at radius 1 is 1.27 bits per heavy atom. The van der Waals surface area contributed by atoms with Gasteiger partial charge in [0.2, 0.25) is 5.91 Å². The van der Waals surface area contributed by atoms with E-state index in [9.17, 15) is 4.79 Å². The lowest BCUT2D eigenvalue weighted by Gasteiger charge is -2.02. The topological polar surface area (TPSA) is 73.2 Å². The van der Waals surface area contributed by atoms with Crippen molar-refractivity contribution in [3.05, 3.63) is 61.0 Å². The average Bonchev–Trinajstić information content (AvgIpc) is 3.26. The van der Waals surface area contributed by atoms with Crippen LogP contribution in [0.15, 0.2) is 64.1 Å². The third-order valence-electron chi connectivity index (χ3n) is 3.02. The van der Waals surface area contributed by atoms with Crippen molar-refractivity contribution in [1.29, 1.82) is 0 Å². The van der Waals surface area contributed by atoms with E-state index < -0.39 is 0 Å². The Balaban J connectivity index is 1.46. The lowest BCUT2D eigenvalue weighted by atomic mass is 10.3. The Bertz CT molecular complexity index is 740. The number of hydrogen-bond acceptors (Lipinski definition) is 4. The highest BCUT2D eigenvalue weighted by Gasteiger charge is 2.04. The van der Waals surface area contributed by atoms with Gasteiger partial charge >= 0.3 is 0 Å². The number of hydrogen-bond donors (Lipinski definition) is 1. The number of nitrogens with zero attached hydrogens (tertiary/aromatic N) is 2. The molecule has 1 N–H and O–H groups in total. The summed E-state index contributed by atoms with van der Waals surface area (Å²) >= 11 is 0. The first kappa shape index (κ1) is 13.9. The third kappa shape index (κ3) is 3.54. The van der Waals surface area contributed by atoms with Gasteiger partial charge in [-0.2, -0.15) is 5.10 Å². The summed E-state index contributed by atoms with van der Waals surface area (Å²) in [6, 6.07) is 7.26. The maximum absolute atomic E-state index is 11.6. The first-order chi connectivity index (χ1) is 10.8. The predicted molar refractivity (Wildman–Crippen MR) is 80.7 cm³/mol. The van der Waals surface area contributed by atoms with E-state index in [4.69, 9.17) is 8.83 Å². The normalized spacial score (nSPS) is 11.1. The van der Waals surface area contributed by atoms with Crippen molar-refractivity contribution in [1.82, 2.24) is 15.1 Å². The second kappa shape index (κ2) is 6.62. The van der Waals surface area contributed by atoms with Crippen molar-refractivity contribution in [3.8, 4) is 11.3 Å². The molecule has 112 valence electrons. The molecule has 3 rings (SSSR count). The molecule has 0 saturated heterocycles. The number of furan rings is 2. The molecule has 3 heterocycles. The van der Waals surface area contributed by atoms with Crippen LogP contribution in [0.3, 0.4) is 0 Å². The van der Waals surface area contributed by atoms with Crippen LogP contribution in [0.2, 0.25) is 0 Å². The molecule has 0 fully saturated rings. The molecule has 6 heteroatoms. The minimum atomic E-state index is -0.171. The van der Waals surface area contributed by atoms with Crippen molar-refractivity contribution in [2.45, 2.75) is 6.54 Å². The molecule has 0 aliphatic heterocycles. The van der Waals surface area contributed by atoms with Gasteiger partial charge in [-0.05, 0) is 30.3 Å². The summed E-state index contributed by atoms with van der Waals surface area (Å²) in [6.07, 6.45) is 9.86. The lowest BCUT2D eigenvalue weighted by Crippen LogP contribution is -2.25. The molecule has 0 unspecified atom stereocenters. The Labute approximate surface area is 127 Å². The number of rotatable bonds is 6. The van der Waals surface area contributed by atoms with E-state index in [-0.39, 0.29) is 5.91 Å². The van der Waals surface area contributed by atoms with Crippen LogP contribution in [0.25, 0.3) is 17.4 Å². The molecule has 0 aliphatic rings. The van der Waals surface area contributed by atoms with Gasteiger partial charge < -0.3 is 14.2 Å². The Morgan fingerprint density at radius 2 is 2.14 bits per heavy atom. The van der Waals surface area contributed by atoms with Crippen LogP contribution in [0, 0.1) is 0 Å². The molecule has 6 nitrogen and oxygen atoms in total. The quantitative estimate of drug-likeness (QED) is 0.710. The zero-order valence-electron chi connectivity index (χ0n) is 11.8. The average molecular weight is 297 g/mol. The second-order valence-corrected chi connectivity index (χ2v) is 4.61. The van der Waals surface area contributed by atoms with Gasteiger partial charge in [0.25, 0.3) is 0 Å². The number of amides is 1. The molecular formula is C16H15N3O3. The number of carbonyl (C=O) groups excluding carboxylic acids is 1. The molecule has 1 amide bonds. The lowest BCUT2D eigenvalue weighted by molar-refractivity contribution is -0.116. The van der Waals surface area contributed by atoms with E-state index >= 15 is 0 Å². The van der Waals surface area contributed by atoms with Crippen LogP contribution in [0.1, 0.15) is 5.76 Å². The summed E-state index contributed by atoms with van der Waals surface area (Å²) < 4.78 is 12.2. The van der Waals surface area contributed by atoms with Crippen molar-refractivity contribution in [2.24, 2.45) is 0 Å². The summed E-state index contributed by atoms with van der Waals surface area (Å²) in [5, 5.41) is 7.01. The van der Waals surface area contributed by atoms with Gasteiger partial charge in [-0.15, -0.1) is 0 Å². The van der Waals surface area contributed by atoms with E-state index in [1.54, 1.807) is 41.6 Å². The molecule has 0 atom stereocenters. The SMILES string of the molecule is O=C(/C=C/c1ccco1)NCCn1cc(-c2ccco2)cn1. The van der Waals surface area contributed by atoms with Gasteiger partial charge in [-0.3, -0.25) is 9.48 Å². The maximum atomic E-state index is 11.6. The van der Waals surface area contributed by atoms with Gasteiger partial charge in [-0.25, -0.2) is 0 Å². The highest BCUT2D eigenvalue weighted by molar-refractivity contribution is 5.91. The molecule has 22 heavy (non-hydrogen) atoms. The standard InChI is InChI=1S/C16H15N3O3/c20-16(6-5-14-3-1-9-21-14)17-7-8-19-12-13(11-18-19)15-4-2-10-22-15/h1-6,9-12H,7-8H2,(H,17,20)/b6-5+. The van der Waals surface area contributed by atoms with Gasteiger partial charge in [0, 0.05) is 18.8 Å². The Morgan fingerprint density at radius 3 is 2.91 bits per heavy atom. The van der Waals surface area contributed by atoms with Gasteiger partial charge in [0.1, 0.15) is 11.5 Å². The zero-order chi connectivity index (χ0) is 15.2. The third-order valence-corrected chi connectivity index (χ3v) is 3.02. The Hall–Kier alpha value is -3.02. The number of aromatic nitrogens is 2. The molecular weight excluding hydrogens is 282 g/mol. The van der Waals surface area contributed by atoms with E-state index in [1.165, 1.54) is 6.08 Å². The van der Waals surface area contributed by atoms with E-state index in [0.717, 1.165) is 11.3 Å². The van der Waals surface area contributed by atoms with Crippen LogP contribution in [0.5, 0.6) is 0 Å². The van der Waals surface area contributed by atoms with Crippen LogP contribution < -0.4 is 5.32 Å². The highest BCUT2D eigenvalue weighted by Crippen LogP contribution is 2.18. The number of carbonyl (C=O) groups is 1. The van der Waals surface area contributed by atoms with Crippen LogP contribution in [-0.2, 0) is 11.3 Å². The van der Waals surface area contributed by atoms with Gasteiger partial charge in [0.05, 0.1) is 30.8 Å². The molecule has 0 aliphatic carbocycles. The summed E-state index contributed by atoms with van der Waals surface area (Å²) in [4.78, 5) is 11.6. The van der Waals surface area contributed by atoms with E-state index in [1.807, 2.05) is 18.3 Å². The monoisotopic (exact) mass is 297 g/mol. The summed E-state index contributed by atoms with van der Waals surface area (Å²) in [5.74, 6) is 1.25. The van der Waals surface area contributed by atoms with Gasteiger partial charge in [-0.1, -0.05) is 0 Å². The molecule has 0 bridgehead atoms. The fraction of sp³-hybridized carbons (Fsp3) is 0.125. The molecule has 0 radical (unpaired) electrons.